The molecule has 0 aromatic heterocycles. The number of carbonyl (C=O) groups excluding carboxylic acids is 1. The van der Waals surface area contributed by atoms with Gasteiger partial charge in [-0.3, -0.25) is 9.69 Å². The largest absolute Gasteiger partial charge is 0.330 e. The number of likely N-dealkylation sites (N-methyl/N-ethyl adjacent to an activating group) is 1. The molecule has 19 heavy (non-hydrogen) atoms. The molecule has 2 rings (SSSR count). The molecule has 1 unspecified atom stereocenters. The minimum Gasteiger partial charge on any atom is -0.330 e. The average molecular weight is 261 g/mol. The number of benzene rings is 1. The van der Waals surface area contributed by atoms with Crippen LogP contribution in [-0.4, -0.2) is 42.5 Å². The summed E-state index contributed by atoms with van der Waals surface area (Å²) < 4.78 is 0. The van der Waals surface area contributed by atoms with Gasteiger partial charge in [0.15, 0.2) is 0 Å². The predicted octanol–water partition coefficient (Wildman–Crippen LogP) is 1.46. The lowest BCUT2D eigenvalue weighted by atomic mass is 9.93. The van der Waals surface area contributed by atoms with E-state index in [1.165, 1.54) is 0 Å². The number of rotatable bonds is 3. The molecule has 4 nitrogen and oxygen atoms in total. The molecule has 4 heteroatoms. The molecule has 1 atom stereocenters. The zero-order chi connectivity index (χ0) is 14.0. The highest BCUT2D eigenvalue weighted by Gasteiger charge is 2.42. The molecule has 0 saturated carbocycles. The summed E-state index contributed by atoms with van der Waals surface area (Å²) in [6, 6.07) is 9.73. The predicted molar refractivity (Wildman–Crippen MR) is 78.1 cm³/mol. The zero-order valence-electron chi connectivity index (χ0n) is 12.0. The topological polar surface area (TPSA) is 49.6 Å². The Hall–Kier alpha value is -1.39. The molecular weight excluding hydrogens is 238 g/mol. The SMILES string of the molecule is CN1C(CCN)C(=O)N(c2ccccc2)CC1(C)C. The Morgan fingerprint density at radius 2 is 1.95 bits per heavy atom. The summed E-state index contributed by atoms with van der Waals surface area (Å²) in [5.41, 5.74) is 6.58. The summed E-state index contributed by atoms with van der Waals surface area (Å²) in [4.78, 5) is 16.7. The van der Waals surface area contributed by atoms with Crippen molar-refractivity contribution in [2.24, 2.45) is 5.73 Å². The van der Waals surface area contributed by atoms with Crippen molar-refractivity contribution in [1.29, 1.82) is 0 Å². The first-order chi connectivity index (χ1) is 8.97. The number of hydrogen-bond donors (Lipinski definition) is 1. The zero-order valence-corrected chi connectivity index (χ0v) is 12.0. The van der Waals surface area contributed by atoms with Gasteiger partial charge in [-0.15, -0.1) is 0 Å². The van der Waals surface area contributed by atoms with E-state index < -0.39 is 0 Å². The fourth-order valence-electron chi connectivity index (χ4n) is 2.65. The van der Waals surface area contributed by atoms with Gasteiger partial charge >= 0.3 is 0 Å². The van der Waals surface area contributed by atoms with Crippen LogP contribution in [0, 0.1) is 0 Å². The molecule has 2 N–H and O–H groups in total. The number of amides is 1. The lowest BCUT2D eigenvalue weighted by Crippen LogP contribution is -2.65. The van der Waals surface area contributed by atoms with Crippen molar-refractivity contribution in [1.82, 2.24) is 4.90 Å². The first kappa shape index (κ1) is 14.0. The van der Waals surface area contributed by atoms with Crippen molar-refractivity contribution < 1.29 is 4.79 Å². The van der Waals surface area contributed by atoms with E-state index in [1.807, 2.05) is 42.3 Å². The minimum absolute atomic E-state index is 0.0520. The molecule has 0 aliphatic carbocycles. The number of hydrogen-bond acceptors (Lipinski definition) is 3. The highest BCUT2D eigenvalue weighted by atomic mass is 16.2. The fraction of sp³-hybridized carbons (Fsp3) is 0.533. The maximum Gasteiger partial charge on any atom is 0.244 e. The molecule has 0 bridgehead atoms. The molecule has 1 aromatic rings. The fourth-order valence-corrected chi connectivity index (χ4v) is 2.65. The number of anilines is 1. The highest BCUT2D eigenvalue weighted by Crippen LogP contribution is 2.29. The van der Waals surface area contributed by atoms with Gasteiger partial charge in [-0.2, -0.15) is 0 Å². The van der Waals surface area contributed by atoms with E-state index in [2.05, 4.69) is 18.7 Å². The molecule has 104 valence electrons. The van der Waals surface area contributed by atoms with E-state index in [1.54, 1.807) is 0 Å². The Morgan fingerprint density at radius 3 is 2.53 bits per heavy atom. The monoisotopic (exact) mass is 261 g/mol. The van der Waals surface area contributed by atoms with Gasteiger partial charge in [0.2, 0.25) is 5.91 Å². The molecule has 1 saturated heterocycles. The second-order valence-corrected chi connectivity index (χ2v) is 5.78. The number of nitrogens with two attached hydrogens (primary N) is 1. The van der Waals surface area contributed by atoms with Gasteiger partial charge in [-0.1, -0.05) is 18.2 Å². The summed E-state index contributed by atoms with van der Waals surface area (Å²) in [5, 5.41) is 0. The molecule has 1 heterocycles. The van der Waals surface area contributed by atoms with Crippen LogP contribution in [0.1, 0.15) is 20.3 Å². The first-order valence-electron chi connectivity index (χ1n) is 6.77. The van der Waals surface area contributed by atoms with Crippen LogP contribution >= 0.6 is 0 Å². The van der Waals surface area contributed by atoms with Crippen molar-refractivity contribution in [3.63, 3.8) is 0 Å². The summed E-state index contributed by atoms with van der Waals surface area (Å²) in [7, 11) is 2.01. The van der Waals surface area contributed by atoms with E-state index in [9.17, 15) is 4.79 Å². The molecule has 0 radical (unpaired) electrons. The van der Waals surface area contributed by atoms with Crippen LogP contribution in [0.4, 0.5) is 5.69 Å². The summed E-state index contributed by atoms with van der Waals surface area (Å²) in [5.74, 6) is 0.151. The second-order valence-electron chi connectivity index (χ2n) is 5.78. The van der Waals surface area contributed by atoms with Crippen LogP contribution in [0.15, 0.2) is 30.3 Å². The molecule has 1 aromatic carbocycles. The Kier molecular flexibility index (Phi) is 3.92. The minimum atomic E-state index is -0.131. The van der Waals surface area contributed by atoms with Gasteiger partial charge in [0.1, 0.15) is 0 Å². The molecule has 0 spiro atoms. The average Bonchev–Trinajstić information content (AvgIpc) is 2.40. The molecule has 1 aliphatic rings. The van der Waals surface area contributed by atoms with E-state index >= 15 is 0 Å². The first-order valence-corrected chi connectivity index (χ1v) is 6.77. The number of carbonyl (C=O) groups is 1. The maximum atomic E-state index is 12.6. The molecule has 1 aliphatic heterocycles. The van der Waals surface area contributed by atoms with Crippen molar-refractivity contribution >= 4 is 11.6 Å². The molecular formula is C15H23N3O. The van der Waals surface area contributed by atoms with E-state index in [4.69, 9.17) is 5.73 Å². The maximum absolute atomic E-state index is 12.6. The van der Waals surface area contributed by atoms with Crippen molar-refractivity contribution in [2.75, 3.05) is 25.0 Å². The highest BCUT2D eigenvalue weighted by molar-refractivity contribution is 5.98. The number of para-hydroxylation sites is 1. The van der Waals surface area contributed by atoms with Gasteiger partial charge in [0, 0.05) is 17.8 Å². The number of piperazine rings is 1. The summed E-state index contributed by atoms with van der Waals surface area (Å²) >= 11 is 0. The normalized spacial score (nSPS) is 23.7. The molecule has 1 fully saturated rings. The van der Waals surface area contributed by atoms with E-state index in [0.717, 1.165) is 5.69 Å². The van der Waals surface area contributed by atoms with Crippen LogP contribution in [0.3, 0.4) is 0 Å². The third-order valence-electron chi connectivity index (χ3n) is 4.03. The lowest BCUT2D eigenvalue weighted by Gasteiger charge is -2.49. The van der Waals surface area contributed by atoms with Gasteiger partial charge in [0.25, 0.3) is 0 Å². The summed E-state index contributed by atoms with van der Waals surface area (Å²) in [6.45, 7) is 5.56. The molecule has 1 amide bonds. The summed E-state index contributed by atoms with van der Waals surface area (Å²) in [6.07, 6.45) is 0.697. The van der Waals surface area contributed by atoms with Crippen molar-refractivity contribution in [3.05, 3.63) is 30.3 Å². The van der Waals surface area contributed by atoms with Crippen LogP contribution in [-0.2, 0) is 4.79 Å². The van der Waals surface area contributed by atoms with Gasteiger partial charge in [-0.05, 0) is 46.0 Å². The Morgan fingerprint density at radius 1 is 1.32 bits per heavy atom. The quantitative estimate of drug-likeness (QED) is 0.896. The van der Waals surface area contributed by atoms with Crippen LogP contribution in [0.5, 0.6) is 0 Å². The van der Waals surface area contributed by atoms with Crippen molar-refractivity contribution in [2.45, 2.75) is 31.8 Å². The van der Waals surface area contributed by atoms with Crippen LogP contribution in [0.2, 0.25) is 0 Å². The van der Waals surface area contributed by atoms with Crippen LogP contribution < -0.4 is 10.6 Å². The second kappa shape index (κ2) is 5.31. The standard InChI is InChI=1S/C15H23N3O/c1-15(2)11-18(12-7-5-4-6-8-12)14(19)13(9-10-16)17(15)3/h4-8,13H,9-11,16H2,1-3H3. The van der Waals surface area contributed by atoms with Gasteiger partial charge in [0.05, 0.1) is 6.04 Å². The third kappa shape index (κ3) is 2.65. The smallest absolute Gasteiger partial charge is 0.244 e. The van der Waals surface area contributed by atoms with Gasteiger partial charge < -0.3 is 10.6 Å². The lowest BCUT2D eigenvalue weighted by molar-refractivity contribution is -0.129. The Balaban J connectivity index is 2.33. The third-order valence-corrected chi connectivity index (χ3v) is 4.03. The van der Waals surface area contributed by atoms with E-state index in [-0.39, 0.29) is 17.5 Å². The van der Waals surface area contributed by atoms with Gasteiger partial charge in [-0.25, -0.2) is 0 Å². The number of nitrogens with zero attached hydrogens (tertiary/aromatic N) is 2. The Bertz CT molecular complexity index is 444. The van der Waals surface area contributed by atoms with E-state index in [0.29, 0.717) is 19.5 Å². The Labute approximate surface area is 115 Å². The van der Waals surface area contributed by atoms with Crippen molar-refractivity contribution in [3.8, 4) is 0 Å². The van der Waals surface area contributed by atoms with Crippen LogP contribution in [0.25, 0.3) is 0 Å².